The van der Waals surface area contributed by atoms with Gasteiger partial charge in [0.25, 0.3) is 0 Å². The smallest absolute Gasteiger partial charge is 0.417 e. The SMILES string of the molecule is COc1c(F)ccc(Nc2ncc(F)c(Nc3cc(F)c4oc(=O)[nH]c4c3)n2)c1F. The van der Waals surface area contributed by atoms with Gasteiger partial charge in [-0.15, -0.1) is 0 Å². The maximum Gasteiger partial charge on any atom is 0.417 e. The molecule has 0 bridgehead atoms. The highest BCUT2D eigenvalue weighted by Crippen LogP contribution is 2.30. The molecule has 0 aliphatic heterocycles. The van der Waals surface area contributed by atoms with Crippen molar-refractivity contribution in [3.05, 3.63) is 64.3 Å². The van der Waals surface area contributed by atoms with Crippen LogP contribution < -0.4 is 21.1 Å². The highest BCUT2D eigenvalue weighted by Gasteiger charge is 2.17. The summed E-state index contributed by atoms with van der Waals surface area (Å²) in [7, 11) is 1.10. The van der Waals surface area contributed by atoms with Crippen LogP contribution in [0.15, 0.2) is 39.7 Å². The van der Waals surface area contributed by atoms with E-state index in [2.05, 4.69) is 34.7 Å². The third-order valence-corrected chi connectivity index (χ3v) is 3.98. The zero-order valence-corrected chi connectivity index (χ0v) is 15.0. The number of oxazole rings is 1. The molecule has 8 nitrogen and oxygen atoms in total. The first-order valence-corrected chi connectivity index (χ1v) is 8.26. The maximum atomic E-state index is 14.3. The monoisotopic (exact) mass is 421 g/mol. The summed E-state index contributed by atoms with van der Waals surface area (Å²) in [6.07, 6.45) is 0.797. The lowest BCUT2D eigenvalue weighted by Gasteiger charge is -2.11. The summed E-state index contributed by atoms with van der Waals surface area (Å²) in [5.41, 5.74) is -0.392. The molecule has 3 N–H and O–H groups in total. The summed E-state index contributed by atoms with van der Waals surface area (Å²) in [6, 6.07) is 4.34. The van der Waals surface area contributed by atoms with Gasteiger partial charge in [-0.05, 0) is 18.2 Å². The topological polar surface area (TPSA) is 105 Å². The zero-order chi connectivity index (χ0) is 21.4. The van der Waals surface area contributed by atoms with E-state index in [1.165, 1.54) is 6.07 Å². The first kappa shape index (κ1) is 19.2. The Hall–Kier alpha value is -4.09. The maximum absolute atomic E-state index is 14.3. The van der Waals surface area contributed by atoms with Crippen molar-refractivity contribution in [3.8, 4) is 5.75 Å². The molecule has 154 valence electrons. The van der Waals surface area contributed by atoms with Crippen molar-refractivity contribution in [1.82, 2.24) is 15.0 Å². The van der Waals surface area contributed by atoms with Crippen molar-refractivity contribution in [2.24, 2.45) is 0 Å². The Bertz CT molecular complexity index is 1320. The fraction of sp³-hybridized carbons (Fsp3) is 0.0556. The Morgan fingerprint density at radius 3 is 2.63 bits per heavy atom. The van der Waals surface area contributed by atoms with Crippen LogP contribution in [0.2, 0.25) is 0 Å². The average Bonchev–Trinajstić information content (AvgIpc) is 3.08. The molecule has 30 heavy (non-hydrogen) atoms. The van der Waals surface area contributed by atoms with Crippen LogP contribution in [-0.4, -0.2) is 22.1 Å². The molecule has 0 saturated carbocycles. The Balaban J connectivity index is 1.65. The van der Waals surface area contributed by atoms with E-state index in [1.807, 2.05) is 0 Å². The fourth-order valence-corrected chi connectivity index (χ4v) is 2.68. The van der Waals surface area contributed by atoms with Gasteiger partial charge < -0.3 is 19.8 Å². The standard InChI is InChI=1S/C18H11F4N5O3/c1-29-15-8(19)2-3-11(13(15)22)25-17-23-6-10(21)16(27-17)24-7-4-9(20)14-12(5-7)26-18(28)30-14/h2-6H,1H3,(H,26,28)(H2,23,24,25,27). The average molecular weight is 421 g/mol. The first-order chi connectivity index (χ1) is 14.4. The van der Waals surface area contributed by atoms with E-state index in [-0.39, 0.29) is 34.2 Å². The van der Waals surface area contributed by atoms with Crippen molar-refractivity contribution >= 4 is 34.2 Å². The molecule has 0 atom stereocenters. The third-order valence-electron chi connectivity index (χ3n) is 3.98. The van der Waals surface area contributed by atoms with Crippen LogP contribution in [0.5, 0.6) is 5.75 Å². The van der Waals surface area contributed by atoms with E-state index in [0.717, 1.165) is 31.5 Å². The van der Waals surface area contributed by atoms with Gasteiger partial charge in [0.1, 0.15) is 0 Å². The number of hydrogen-bond donors (Lipinski definition) is 3. The van der Waals surface area contributed by atoms with Crippen molar-refractivity contribution < 1.29 is 26.7 Å². The molecule has 0 saturated heterocycles. The summed E-state index contributed by atoms with van der Waals surface area (Å²) in [5.74, 6) is -5.75. The molecule has 0 aliphatic carbocycles. The molecule has 0 fully saturated rings. The lowest BCUT2D eigenvalue weighted by Crippen LogP contribution is -2.05. The molecule has 4 aromatic rings. The van der Waals surface area contributed by atoms with Gasteiger partial charge in [0, 0.05) is 11.8 Å². The van der Waals surface area contributed by atoms with Crippen molar-refractivity contribution in [2.75, 3.05) is 17.7 Å². The second-order valence-electron chi connectivity index (χ2n) is 5.93. The van der Waals surface area contributed by atoms with Gasteiger partial charge in [-0.2, -0.15) is 4.98 Å². The van der Waals surface area contributed by atoms with E-state index in [1.54, 1.807) is 0 Å². The molecular formula is C18H11F4N5O3. The van der Waals surface area contributed by atoms with Crippen LogP contribution in [0.3, 0.4) is 0 Å². The highest BCUT2D eigenvalue weighted by molar-refractivity contribution is 5.79. The molecule has 4 rings (SSSR count). The number of rotatable bonds is 5. The number of aromatic amines is 1. The van der Waals surface area contributed by atoms with Gasteiger partial charge in [0.2, 0.25) is 5.95 Å². The van der Waals surface area contributed by atoms with Crippen molar-refractivity contribution in [1.29, 1.82) is 0 Å². The Kier molecular flexibility index (Phi) is 4.74. The highest BCUT2D eigenvalue weighted by atomic mass is 19.1. The first-order valence-electron chi connectivity index (χ1n) is 8.26. The van der Waals surface area contributed by atoms with E-state index in [4.69, 9.17) is 0 Å². The number of nitrogens with zero attached hydrogens (tertiary/aromatic N) is 2. The second-order valence-corrected chi connectivity index (χ2v) is 5.93. The van der Waals surface area contributed by atoms with Crippen molar-refractivity contribution in [2.45, 2.75) is 0 Å². The number of halogens is 4. The summed E-state index contributed by atoms with van der Waals surface area (Å²) in [4.78, 5) is 21.1. The Morgan fingerprint density at radius 1 is 1.07 bits per heavy atom. The second kappa shape index (κ2) is 7.39. The Labute approximate surface area is 164 Å². The van der Waals surface area contributed by atoms with Crippen LogP contribution in [-0.2, 0) is 0 Å². The number of H-pyrrole nitrogens is 1. The number of nitrogens with one attached hydrogen (secondary N) is 3. The number of aromatic nitrogens is 3. The zero-order valence-electron chi connectivity index (χ0n) is 15.0. The molecule has 2 aromatic carbocycles. The number of hydrogen-bond acceptors (Lipinski definition) is 7. The van der Waals surface area contributed by atoms with E-state index >= 15 is 0 Å². The lowest BCUT2D eigenvalue weighted by atomic mass is 10.2. The van der Waals surface area contributed by atoms with Crippen LogP contribution >= 0.6 is 0 Å². The van der Waals surface area contributed by atoms with Gasteiger partial charge in [-0.3, -0.25) is 4.98 Å². The van der Waals surface area contributed by atoms with Crippen molar-refractivity contribution in [3.63, 3.8) is 0 Å². The summed E-state index contributed by atoms with van der Waals surface area (Å²) in [5, 5.41) is 5.02. The summed E-state index contributed by atoms with van der Waals surface area (Å²) < 4.78 is 65.3. The number of fused-ring (bicyclic) bond motifs is 1. The molecular weight excluding hydrogens is 410 g/mol. The molecule has 12 heteroatoms. The molecule has 2 heterocycles. The molecule has 0 aliphatic rings. The lowest BCUT2D eigenvalue weighted by molar-refractivity contribution is 0.361. The number of anilines is 4. The largest absolute Gasteiger partial charge is 0.491 e. The van der Waals surface area contributed by atoms with Crippen LogP contribution in [0.25, 0.3) is 11.1 Å². The van der Waals surface area contributed by atoms with Crippen LogP contribution in [0.4, 0.5) is 40.7 Å². The van der Waals surface area contributed by atoms with E-state index < -0.39 is 34.8 Å². The predicted octanol–water partition coefficient (Wildman–Crippen LogP) is 3.96. The van der Waals surface area contributed by atoms with Gasteiger partial charge in [0.15, 0.2) is 40.4 Å². The molecule has 2 aromatic heterocycles. The summed E-state index contributed by atoms with van der Waals surface area (Å²) >= 11 is 0. The van der Waals surface area contributed by atoms with E-state index in [9.17, 15) is 22.4 Å². The van der Waals surface area contributed by atoms with Gasteiger partial charge in [-0.25, -0.2) is 27.3 Å². The molecule has 0 amide bonds. The van der Waals surface area contributed by atoms with E-state index in [0.29, 0.717) is 0 Å². The molecule has 0 spiro atoms. The number of ether oxygens (including phenoxy) is 1. The minimum atomic E-state index is -1.03. The third kappa shape index (κ3) is 3.50. The number of methoxy groups -OCH3 is 1. The van der Waals surface area contributed by atoms with Gasteiger partial charge in [0.05, 0.1) is 24.5 Å². The molecule has 0 unspecified atom stereocenters. The van der Waals surface area contributed by atoms with Gasteiger partial charge in [-0.1, -0.05) is 0 Å². The predicted molar refractivity (Wildman–Crippen MR) is 98.3 cm³/mol. The summed E-state index contributed by atoms with van der Waals surface area (Å²) in [6.45, 7) is 0. The normalized spacial score (nSPS) is 11.0. The number of benzene rings is 2. The quantitative estimate of drug-likeness (QED) is 0.419. The van der Waals surface area contributed by atoms with Crippen LogP contribution in [0.1, 0.15) is 0 Å². The van der Waals surface area contributed by atoms with Gasteiger partial charge >= 0.3 is 5.76 Å². The minimum absolute atomic E-state index is 0.0511. The molecule has 0 radical (unpaired) electrons. The van der Waals surface area contributed by atoms with Crippen LogP contribution in [0, 0.1) is 23.3 Å². The Morgan fingerprint density at radius 2 is 1.87 bits per heavy atom. The fourth-order valence-electron chi connectivity index (χ4n) is 2.68. The minimum Gasteiger partial charge on any atom is -0.491 e.